The summed E-state index contributed by atoms with van der Waals surface area (Å²) < 4.78 is 27.0. The van der Waals surface area contributed by atoms with Crippen molar-refractivity contribution in [2.45, 2.75) is 115 Å². The third kappa shape index (κ3) is 10.5. The van der Waals surface area contributed by atoms with Crippen LogP contribution in [-0.4, -0.2) is 127 Å². The van der Waals surface area contributed by atoms with Gasteiger partial charge in [-0.25, -0.2) is 9.18 Å². The third-order valence-corrected chi connectivity index (χ3v) is 10.9. The van der Waals surface area contributed by atoms with Gasteiger partial charge >= 0.3 is 5.97 Å². The summed E-state index contributed by atoms with van der Waals surface area (Å²) in [7, 11) is 4.60. The van der Waals surface area contributed by atoms with Gasteiger partial charge in [0.2, 0.25) is 23.4 Å². The summed E-state index contributed by atoms with van der Waals surface area (Å²) in [6, 6.07) is 5.90. The maximum atomic E-state index is 15.3. The minimum atomic E-state index is -2.09. The zero-order chi connectivity index (χ0) is 38.7. The number of aliphatic carboxylic acids is 1. The topological polar surface area (TPSA) is 167 Å². The molecule has 1 aromatic rings. The Morgan fingerprint density at radius 1 is 1.08 bits per heavy atom. The lowest BCUT2D eigenvalue weighted by molar-refractivity contribution is -0.148. The number of hydrogen-bond donors (Lipinski definition) is 4. The van der Waals surface area contributed by atoms with Crippen LogP contribution in [0, 0.1) is 17.8 Å². The molecule has 7 unspecified atom stereocenters. The van der Waals surface area contributed by atoms with E-state index in [1.807, 2.05) is 19.9 Å². The highest BCUT2D eigenvalue weighted by Gasteiger charge is 2.46. The first-order valence-electron chi connectivity index (χ1n) is 18.5. The summed E-state index contributed by atoms with van der Waals surface area (Å²) in [5, 5.41) is 18.0. The molecule has 0 radical (unpaired) electrons. The standard InChI is InChI=1S/C38H60FN5O8/c1-9-24(4)32(43(6)35(47)31(23(2)3)42-37(50)38(39)17-18-40-22-38)29(51-7)21-30(45)44-19-13-16-28(44)33(52-8)25(5)34(46)41-27(36(48)49)20-26-14-11-10-12-15-26/h10-12,14-15,23-25,27-29,31-33,40H,9,13,16-22H2,1-8H3,(H,41,46)(H,42,50)(H,48,49)/t24?,25?,27?,28-,29?,31?,32?,33?,38-/m0/s1. The Balaban J connectivity index is 1.76. The highest BCUT2D eigenvalue weighted by molar-refractivity contribution is 5.92. The Morgan fingerprint density at radius 3 is 2.29 bits per heavy atom. The van der Waals surface area contributed by atoms with Crippen LogP contribution in [0.4, 0.5) is 4.39 Å². The molecule has 52 heavy (non-hydrogen) atoms. The summed E-state index contributed by atoms with van der Waals surface area (Å²) in [5.41, 5.74) is -1.32. The second kappa shape index (κ2) is 19.5. The van der Waals surface area contributed by atoms with E-state index >= 15 is 4.39 Å². The van der Waals surface area contributed by atoms with Crippen LogP contribution < -0.4 is 16.0 Å². The predicted molar refractivity (Wildman–Crippen MR) is 194 cm³/mol. The zero-order valence-corrected chi connectivity index (χ0v) is 32.0. The van der Waals surface area contributed by atoms with E-state index in [0.29, 0.717) is 32.4 Å². The number of hydrogen-bond acceptors (Lipinski definition) is 8. The normalized spacial score (nSPS) is 22.9. The third-order valence-electron chi connectivity index (χ3n) is 10.9. The molecule has 13 nitrogen and oxygen atoms in total. The molecule has 1 aromatic carbocycles. The number of nitrogens with one attached hydrogen (secondary N) is 3. The molecular weight excluding hydrogens is 673 g/mol. The number of benzene rings is 1. The van der Waals surface area contributed by atoms with Crippen molar-refractivity contribution in [2.24, 2.45) is 17.8 Å². The Labute approximate surface area is 307 Å². The molecule has 2 heterocycles. The minimum Gasteiger partial charge on any atom is -0.480 e. The Morgan fingerprint density at radius 2 is 1.75 bits per heavy atom. The Hall–Kier alpha value is -3.62. The van der Waals surface area contributed by atoms with Crippen molar-refractivity contribution < 1.29 is 42.9 Å². The average Bonchev–Trinajstić information content (AvgIpc) is 3.80. The van der Waals surface area contributed by atoms with Crippen LogP contribution in [0.15, 0.2) is 30.3 Å². The predicted octanol–water partition coefficient (Wildman–Crippen LogP) is 2.56. The molecule has 2 aliphatic rings. The SMILES string of the molecule is CCC(C)C(C(CC(=O)N1CCC[C@H]1C(OC)C(C)C(=O)NC(Cc1ccccc1)C(=O)O)OC)N(C)C(=O)C(NC(=O)[C@]1(F)CCNC1)C(C)C. The van der Waals surface area contributed by atoms with Gasteiger partial charge < -0.3 is 40.3 Å². The van der Waals surface area contributed by atoms with Gasteiger partial charge in [-0.15, -0.1) is 0 Å². The smallest absolute Gasteiger partial charge is 0.326 e. The minimum absolute atomic E-state index is 0.0268. The van der Waals surface area contributed by atoms with Crippen molar-refractivity contribution in [3.05, 3.63) is 35.9 Å². The molecule has 9 atom stereocenters. The number of halogens is 1. The molecule has 4 amide bonds. The Bertz CT molecular complexity index is 1360. The zero-order valence-electron chi connectivity index (χ0n) is 32.0. The van der Waals surface area contributed by atoms with Gasteiger partial charge in [0.25, 0.3) is 5.91 Å². The molecular formula is C38H60FN5O8. The number of rotatable bonds is 19. The van der Waals surface area contributed by atoms with Gasteiger partial charge in [-0.05, 0) is 36.8 Å². The van der Waals surface area contributed by atoms with Gasteiger partial charge in [0.15, 0.2) is 0 Å². The Kier molecular flexibility index (Phi) is 16.0. The molecule has 0 aromatic heterocycles. The van der Waals surface area contributed by atoms with Crippen LogP contribution in [0.5, 0.6) is 0 Å². The molecule has 0 saturated carbocycles. The van der Waals surface area contributed by atoms with Crippen LogP contribution in [0.2, 0.25) is 0 Å². The second-order valence-corrected chi connectivity index (χ2v) is 14.8. The van der Waals surface area contributed by atoms with E-state index < -0.39 is 71.7 Å². The number of amides is 4. The van der Waals surface area contributed by atoms with E-state index in [1.54, 1.807) is 57.0 Å². The number of alkyl halides is 1. The molecule has 0 aliphatic carbocycles. The van der Waals surface area contributed by atoms with Crippen LogP contribution in [-0.2, 0) is 39.9 Å². The molecule has 2 fully saturated rings. The van der Waals surface area contributed by atoms with E-state index in [9.17, 15) is 29.1 Å². The van der Waals surface area contributed by atoms with E-state index in [1.165, 1.54) is 19.1 Å². The summed E-state index contributed by atoms with van der Waals surface area (Å²) in [6.07, 6.45) is 0.585. The van der Waals surface area contributed by atoms with Crippen LogP contribution in [0.25, 0.3) is 0 Å². The fourth-order valence-corrected chi connectivity index (χ4v) is 7.52. The van der Waals surface area contributed by atoms with Gasteiger partial charge in [0, 0.05) is 47.2 Å². The fraction of sp³-hybridized carbons (Fsp3) is 0.711. The lowest BCUT2D eigenvalue weighted by atomic mass is 9.89. The van der Waals surface area contributed by atoms with E-state index in [-0.39, 0.29) is 43.6 Å². The summed E-state index contributed by atoms with van der Waals surface area (Å²) in [4.78, 5) is 69.8. The highest BCUT2D eigenvalue weighted by Crippen LogP contribution is 2.30. The lowest BCUT2D eigenvalue weighted by Crippen LogP contribution is -2.59. The van der Waals surface area contributed by atoms with Crippen molar-refractivity contribution in [2.75, 3.05) is 40.9 Å². The largest absolute Gasteiger partial charge is 0.480 e. The molecule has 4 N–H and O–H groups in total. The van der Waals surface area contributed by atoms with Gasteiger partial charge in [0.05, 0.1) is 36.6 Å². The quantitative estimate of drug-likeness (QED) is 0.167. The summed E-state index contributed by atoms with van der Waals surface area (Å²) in [5.74, 6) is -4.31. The number of likely N-dealkylation sites (N-methyl/N-ethyl adjacent to an activating group) is 1. The van der Waals surface area contributed by atoms with E-state index in [0.717, 1.165) is 5.56 Å². The van der Waals surface area contributed by atoms with E-state index in [4.69, 9.17) is 9.47 Å². The van der Waals surface area contributed by atoms with Crippen LogP contribution in [0.3, 0.4) is 0 Å². The maximum absolute atomic E-state index is 15.3. The van der Waals surface area contributed by atoms with Crippen molar-refractivity contribution in [3.8, 4) is 0 Å². The summed E-state index contributed by atoms with van der Waals surface area (Å²) in [6.45, 7) is 9.89. The molecule has 3 rings (SSSR count). The number of methoxy groups -OCH3 is 2. The fourth-order valence-electron chi connectivity index (χ4n) is 7.52. The first kappa shape index (κ1) is 42.8. The lowest BCUT2D eigenvalue weighted by Gasteiger charge is -2.41. The number of carbonyl (C=O) groups is 5. The number of ether oxygens (including phenoxy) is 2. The number of likely N-dealkylation sites (tertiary alicyclic amines) is 1. The maximum Gasteiger partial charge on any atom is 0.326 e. The van der Waals surface area contributed by atoms with Crippen molar-refractivity contribution in [1.29, 1.82) is 0 Å². The molecule has 2 saturated heterocycles. The van der Waals surface area contributed by atoms with Gasteiger partial charge in [-0.2, -0.15) is 0 Å². The number of carboxylic acid groups (broad SMARTS) is 1. The molecule has 14 heteroatoms. The van der Waals surface area contributed by atoms with E-state index in [2.05, 4.69) is 16.0 Å². The number of carbonyl (C=O) groups excluding carboxylic acids is 4. The number of nitrogens with zero attached hydrogens (tertiary/aromatic N) is 2. The second-order valence-electron chi connectivity index (χ2n) is 14.8. The van der Waals surface area contributed by atoms with Crippen molar-refractivity contribution in [1.82, 2.24) is 25.8 Å². The van der Waals surface area contributed by atoms with Gasteiger partial charge in [-0.3, -0.25) is 19.2 Å². The molecule has 292 valence electrons. The monoisotopic (exact) mass is 733 g/mol. The number of carboxylic acids is 1. The molecule has 0 spiro atoms. The molecule has 0 bridgehead atoms. The first-order valence-corrected chi connectivity index (χ1v) is 18.5. The highest BCUT2D eigenvalue weighted by atomic mass is 19.1. The van der Waals surface area contributed by atoms with Gasteiger partial charge in [-0.1, -0.05) is 71.4 Å². The first-order chi connectivity index (χ1) is 24.6. The van der Waals surface area contributed by atoms with Crippen molar-refractivity contribution in [3.63, 3.8) is 0 Å². The average molecular weight is 734 g/mol. The molecule has 2 aliphatic heterocycles. The van der Waals surface area contributed by atoms with Gasteiger partial charge in [0.1, 0.15) is 12.1 Å². The summed E-state index contributed by atoms with van der Waals surface area (Å²) >= 11 is 0. The van der Waals surface area contributed by atoms with Crippen molar-refractivity contribution >= 4 is 29.6 Å². The van der Waals surface area contributed by atoms with Crippen LogP contribution >= 0.6 is 0 Å². The van der Waals surface area contributed by atoms with Crippen LogP contribution in [0.1, 0.15) is 72.3 Å².